The van der Waals surface area contributed by atoms with Crippen molar-refractivity contribution < 1.29 is 9.63 Å². The fourth-order valence-electron chi connectivity index (χ4n) is 3.11. The van der Waals surface area contributed by atoms with E-state index >= 15 is 0 Å². The molecule has 7 heteroatoms. The number of benzene rings is 1. The molecule has 1 fully saturated rings. The fraction of sp³-hybridized carbons (Fsp3) is 0.353. The van der Waals surface area contributed by atoms with E-state index in [0.717, 1.165) is 23.6 Å². The molecule has 3 aromatic rings. The van der Waals surface area contributed by atoms with Gasteiger partial charge in [0.2, 0.25) is 0 Å². The lowest BCUT2D eigenvalue weighted by Crippen LogP contribution is -2.30. The number of aryl methyl sites for hydroxylation is 1. The highest BCUT2D eigenvalue weighted by molar-refractivity contribution is 5.59. The van der Waals surface area contributed by atoms with E-state index in [4.69, 9.17) is 4.52 Å². The molecule has 3 heterocycles. The molecule has 0 bridgehead atoms. The highest BCUT2D eigenvalue weighted by Crippen LogP contribution is 2.31. The summed E-state index contributed by atoms with van der Waals surface area (Å²) in [6.07, 6.45) is 2.20. The van der Waals surface area contributed by atoms with Crippen molar-refractivity contribution in [2.24, 2.45) is 0 Å². The second-order valence-corrected chi connectivity index (χ2v) is 6.39. The zero-order valence-corrected chi connectivity index (χ0v) is 13.4. The van der Waals surface area contributed by atoms with Crippen LogP contribution >= 0.6 is 0 Å². The number of hydrogen-bond acceptors (Lipinski definition) is 6. The number of aromatic amines is 1. The quantitative estimate of drug-likeness (QED) is 0.761. The first kappa shape index (κ1) is 15.0. The van der Waals surface area contributed by atoms with E-state index in [1.54, 1.807) is 6.20 Å². The second kappa shape index (κ2) is 5.85. The maximum absolute atomic E-state index is 10.7. The van der Waals surface area contributed by atoms with E-state index < -0.39 is 5.60 Å². The maximum atomic E-state index is 10.7. The Bertz CT molecular complexity index is 812. The predicted molar refractivity (Wildman–Crippen MR) is 86.8 cm³/mol. The molecule has 0 radical (unpaired) electrons. The minimum absolute atomic E-state index is 0.500. The Balaban J connectivity index is 1.44. The van der Waals surface area contributed by atoms with Crippen LogP contribution in [0.5, 0.6) is 0 Å². The van der Waals surface area contributed by atoms with Gasteiger partial charge in [0.25, 0.3) is 0 Å². The van der Waals surface area contributed by atoms with Gasteiger partial charge < -0.3 is 9.63 Å². The molecule has 24 heavy (non-hydrogen) atoms. The lowest BCUT2D eigenvalue weighted by molar-refractivity contribution is 0.0400. The van der Waals surface area contributed by atoms with Crippen LogP contribution in [0.1, 0.15) is 23.4 Å². The van der Waals surface area contributed by atoms with Gasteiger partial charge in [-0.1, -0.05) is 35.0 Å². The van der Waals surface area contributed by atoms with Gasteiger partial charge in [-0.25, -0.2) is 0 Å². The molecule has 2 N–H and O–H groups in total. The number of H-pyrrole nitrogens is 1. The number of nitrogens with one attached hydrogen (secondary N) is 1. The van der Waals surface area contributed by atoms with Gasteiger partial charge in [-0.15, -0.1) is 0 Å². The zero-order valence-electron chi connectivity index (χ0n) is 13.4. The van der Waals surface area contributed by atoms with Crippen LogP contribution in [0.3, 0.4) is 0 Å². The summed E-state index contributed by atoms with van der Waals surface area (Å²) in [6.45, 7) is 3.93. The average molecular weight is 325 g/mol. The van der Waals surface area contributed by atoms with Crippen molar-refractivity contribution in [3.63, 3.8) is 0 Å². The Kier molecular flexibility index (Phi) is 3.66. The SMILES string of the molecule is Cc1ccc(-c2cc(CN3CCC(O)(c4cn[nH]n4)C3)on2)cc1. The van der Waals surface area contributed by atoms with Crippen molar-refractivity contribution in [1.82, 2.24) is 25.5 Å². The molecular weight excluding hydrogens is 306 g/mol. The summed E-state index contributed by atoms with van der Waals surface area (Å²) < 4.78 is 5.46. The molecule has 4 rings (SSSR count). The van der Waals surface area contributed by atoms with Crippen LogP contribution < -0.4 is 0 Å². The van der Waals surface area contributed by atoms with Gasteiger partial charge >= 0.3 is 0 Å². The number of hydrogen-bond donors (Lipinski definition) is 2. The third kappa shape index (κ3) is 2.83. The van der Waals surface area contributed by atoms with Crippen LogP contribution in [0.25, 0.3) is 11.3 Å². The Morgan fingerprint density at radius 3 is 2.92 bits per heavy atom. The van der Waals surface area contributed by atoms with Gasteiger partial charge in [0, 0.05) is 24.7 Å². The lowest BCUT2D eigenvalue weighted by Gasteiger charge is -2.20. The molecule has 0 aliphatic carbocycles. The minimum Gasteiger partial charge on any atom is -0.382 e. The highest BCUT2D eigenvalue weighted by atomic mass is 16.5. The van der Waals surface area contributed by atoms with Crippen LogP contribution in [0.4, 0.5) is 0 Å². The Morgan fingerprint density at radius 2 is 2.17 bits per heavy atom. The van der Waals surface area contributed by atoms with Crippen molar-refractivity contribution in [3.05, 3.63) is 53.5 Å². The molecule has 1 aromatic carbocycles. The van der Waals surface area contributed by atoms with E-state index in [9.17, 15) is 5.11 Å². The molecular formula is C17H19N5O2. The largest absolute Gasteiger partial charge is 0.382 e. The van der Waals surface area contributed by atoms with Crippen LogP contribution in [0.15, 0.2) is 41.1 Å². The molecule has 2 aromatic heterocycles. The summed E-state index contributed by atoms with van der Waals surface area (Å²) in [5.41, 5.74) is 2.72. The first-order valence-corrected chi connectivity index (χ1v) is 7.96. The minimum atomic E-state index is -0.952. The highest BCUT2D eigenvalue weighted by Gasteiger charge is 2.39. The lowest BCUT2D eigenvalue weighted by atomic mass is 10.0. The normalized spacial score (nSPS) is 21.4. The molecule has 1 aliphatic rings. The van der Waals surface area contributed by atoms with Gasteiger partial charge in [0.15, 0.2) is 5.76 Å². The second-order valence-electron chi connectivity index (χ2n) is 6.39. The summed E-state index contributed by atoms with van der Waals surface area (Å²) in [5.74, 6) is 0.787. The first-order valence-electron chi connectivity index (χ1n) is 7.96. The van der Waals surface area contributed by atoms with Gasteiger partial charge in [-0.05, 0) is 13.3 Å². The van der Waals surface area contributed by atoms with Gasteiger partial charge in [0.05, 0.1) is 12.7 Å². The summed E-state index contributed by atoms with van der Waals surface area (Å²) in [4.78, 5) is 2.13. The molecule has 7 nitrogen and oxygen atoms in total. The van der Waals surface area contributed by atoms with E-state index in [0.29, 0.717) is 25.2 Å². The predicted octanol–water partition coefficient (Wildman–Crippen LogP) is 1.86. The van der Waals surface area contributed by atoms with Gasteiger partial charge in [0.1, 0.15) is 17.0 Å². The van der Waals surface area contributed by atoms with E-state index in [2.05, 4.69) is 44.5 Å². The van der Waals surface area contributed by atoms with E-state index in [1.165, 1.54) is 5.56 Å². The number of aliphatic hydroxyl groups is 1. The van der Waals surface area contributed by atoms with Crippen molar-refractivity contribution in [1.29, 1.82) is 0 Å². The number of β-amino-alcohol motifs (C(OH)–C–C–N with tert-alkyl or cyclic N) is 1. The van der Waals surface area contributed by atoms with Crippen molar-refractivity contribution in [2.75, 3.05) is 13.1 Å². The van der Waals surface area contributed by atoms with Crippen LogP contribution in [0, 0.1) is 6.92 Å². The number of likely N-dealkylation sites (tertiary alicyclic amines) is 1. The van der Waals surface area contributed by atoms with Gasteiger partial charge in [-0.3, -0.25) is 4.90 Å². The first-order chi connectivity index (χ1) is 11.6. The number of rotatable bonds is 4. The number of aromatic nitrogens is 4. The van der Waals surface area contributed by atoms with Crippen LogP contribution in [-0.2, 0) is 12.1 Å². The average Bonchev–Trinajstić information content (AvgIpc) is 3.30. The smallest absolute Gasteiger partial charge is 0.151 e. The molecule has 0 saturated carbocycles. The van der Waals surface area contributed by atoms with E-state index in [-0.39, 0.29) is 0 Å². The molecule has 0 spiro atoms. The molecule has 1 atom stereocenters. The molecule has 1 saturated heterocycles. The third-order valence-electron chi connectivity index (χ3n) is 4.50. The zero-order chi connectivity index (χ0) is 16.6. The Labute approximate surface area is 139 Å². The topological polar surface area (TPSA) is 91.1 Å². The summed E-state index contributed by atoms with van der Waals surface area (Å²) in [5, 5.41) is 25.2. The van der Waals surface area contributed by atoms with Crippen LogP contribution in [0.2, 0.25) is 0 Å². The van der Waals surface area contributed by atoms with Crippen molar-refractivity contribution in [3.8, 4) is 11.3 Å². The van der Waals surface area contributed by atoms with Crippen molar-refractivity contribution in [2.45, 2.75) is 25.5 Å². The Morgan fingerprint density at radius 1 is 1.33 bits per heavy atom. The summed E-state index contributed by atoms with van der Waals surface area (Å²) in [7, 11) is 0. The standard InChI is InChI=1S/C17H19N5O2/c1-12-2-4-13(5-3-12)15-8-14(24-20-15)10-22-7-6-17(23,11-22)16-9-18-21-19-16/h2-5,8-9,23H,6-7,10-11H2,1H3,(H,18,19,21). The van der Waals surface area contributed by atoms with Crippen LogP contribution in [-0.4, -0.2) is 43.7 Å². The summed E-state index contributed by atoms with van der Waals surface area (Å²) >= 11 is 0. The van der Waals surface area contributed by atoms with Gasteiger partial charge in [-0.2, -0.15) is 15.4 Å². The molecule has 0 amide bonds. The molecule has 124 valence electrons. The third-order valence-corrected chi connectivity index (χ3v) is 4.50. The summed E-state index contributed by atoms with van der Waals surface area (Å²) in [6, 6.07) is 10.1. The number of nitrogens with zero attached hydrogens (tertiary/aromatic N) is 4. The van der Waals surface area contributed by atoms with E-state index in [1.807, 2.05) is 18.2 Å². The fourth-order valence-corrected chi connectivity index (χ4v) is 3.11. The maximum Gasteiger partial charge on any atom is 0.151 e. The monoisotopic (exact) mass is 325 g/mol. The molecule has 1 unspecified atom stereocenters. The molecule has 1 aliphatic heterocycles. The Hall–Kier alpha value is -2.51. The van der Waals surface area contributed by atoms with Crippen molar-refractivity contribution >= 4 is 0 Å².